The summed E-state index contributed by atoms with van der Waals surface area (Å²) < 4.78 is 5.38. The molecule has 1 aromatic heterocycles. The van der Waals surface area contributed by atoms with Crippen molar-refractivity contribution in [3.05, 3.63) is 23.2 Å². The fourth-order valence-electron chi connectivity index (χ4n) is 1.75. The van der Waals surface area contributed by atoms with Gasteiger partial charge in [0, 0.05) is 11.0 Å². The van der Waals surface area contributed by atoms with Crippen molar-refractivity contribution in [2.24, 2.45) is 5.73 Å². The first-order chi connectivity index (χ1) is 6.76. The van der Waals surface area contributed by atoms with Gasteiger partial charge in [-0.05, 0) is 19.9 Å². The summed E-state index contributed by atoms with van der Waals surface area (Å²) in [6.45, 7) is 7.27. The SMILES string of the molecule is Cc1cc(C(C)(C)C(N)C(=O)O)c(C)o1. The Balaban J connectivity index is 3.15. The lowest BCUT2D eigenvalue weighted by Gasteiger charge is -2.28. The minimum Gasteiger partial charge on any atom is -0.480 e. The predicted molar refractivity (Wildman–Crippen MR) is 56.8 cm³/mol. The van der Waals surface area contributed by atoms with Crippen LogP contribution in [0.15, 0.2) is 10.5 Å². The van der Waals surface area contributed by atoms with Crippen molar-refractivity contribution in [3.63, 3.8) is 0 Å². The van der Waals surface area contributed by atoms with Crippen LogP contribution in [-0.4, -0.2) is 17.1 Å². The first-order valence-electron chi connectivity index (χ1n) is 4.82. The van der Waals surface area contributed by atoms with Crippen LogP contribution >= 0.6 is 0 Å². The molecule has 0 spiro atoms. The highest BCUT2D eigenvalue weighted by Gasteiger charge is 2.36. The van der Waals surface area contributed by atoms with Crippen LogP contribution in [0.1, 0.15) is 30.9 Å². The third-order valence-corrected chi connectivity index (χ3v) is 2.78. The van der Waals surface area contributed by atoms with Crippen molar-refractivity contribution in [1.29, 1.82) is 0 Å². The second kappa shape index (κ2) is 3.70. The number of carboxylic acids is 1. The van der Waals surface area contributed by atoms with E-state index >= 15 is 0 Å². The van der Waals surface area contributed by atoms with E-state index in [-0.39, 0.29) is 0 Å². The number of hydrogen-bond acceptors (Lipinski definition) is 3. The summed E-state index contributed by atoms with van der Waals surface area (Å²) in [6.07, 6.45) is 0. The molecular formula is C11H17NO3. The maximum absolute atomic E-state index is 10.9. The number of hydrogen-bond donors (Lipinski definition) is 2. The van der Waals surface area contributed by atoms with E-state index in [2.05, 4.69) is 0 Å². The smallest absolute Gasteiger partial charge is 0.321 e. The molecule has 0 aromatic carbocycles. The topological polar surface area (TPSA) is 76.5 Å². The Morgan fingerprint density at radius 1 is 1.53 bits per heavy atom. The highest BCUT2D eigenvalue weighted by atomic mass is 16.4. The van der Waals surface area contributed by atoms with E-state index in [1.54, 1.807) is 0 Å². The van der Waals surface area contributed by atoms with Crippen LogP contribution in [-0.2, 0) is 10.2 Å². The van der Waals surface area contributed by atoms with Gasteiger partial charge in [0.2, 0.25) is 0 Å². The summed E-state index contributed by atoms with van der Waals surface area (Å²) in [4.78, 5) is 10.9. The molecule has 0 saturated heterocycles. The molecule has 3 N–H and O–H groups in total. The number of carboxylic acid groups (broad SMARTS) is 1. The second-order valence-corrected chi connectivity index (χ2v) is 4.36. The number of carbonyl (C=O) groups is 1. The molecule has 0 fully saturated rings. The molecule has 1 unspecified atom stereocenters. The minimum absolute atomic E-state index is 0.631. The Morgan fingerprint density at radius 3 is 2.40 bits per heavy atom. The first-order valence-corrected chi connectivity index (χ1v) is 4.82. The van der Waals surface area contributed by atoms with Crippen LogP contribution in [0.4, 0.5) is 0 Å². The Hall–Kier alpha value is -1.29. The van der Waals surface area contributed by atoms with Crippen molar-refractivity contribution in [3.8, 4) is 0 Å². The van der Waals surface area contributed by atoms with E-state index < -0.39 is 17.4 Å². The van der Waals surface area contributed by atoms with Gasteiger partial charge >= 0.3 is 5.97 Å². The van der Waals surface area contributed by atoms with Crippen LogP contribution in [0.25, 0.3) is 0 Å². The largest absolute Gasteiger partial charge is 0.480 e. The molecule has 15 heavy (non-hydrogen) atoms. The molecular weight excluding hydrogens is 194 g/mol. The van der Waals surface area contributed by atoms with Crippen LogP contribution < -0.4 is 5.73 Å². The molecule has 0 radical (unpaired) electrons. The maximum atomic E-state index is 10.9. The molecule has 0 amide bonds. The number of aliphatic carboxylic acids is 1. The molecule has 0 aliphatic carbocycles. The molecule has 84 valence electrons. The van der Waals surface area contributed by atoms with E-state index in [0.29, 0.717) is 0 Å². The molecule has 0 bridgehead atoms. The van der Waals surface area contributed by atoms with Crippen LogP contribution in [0, 0.1) is 13.8 Å². The Bertz CT molecular complexity index is 379. The van der Waals surface area contributed by atoms with Crippen molar-refractivity contribution in [2.45, 2.75) is 39.2 Å². The van der Waals surface area contributed by atoms with Gasteiger partial charge in [0.1, 0.15) is 17.6 Å². The zero-order chi connectivity index (χ0) is 11.8. The lowest BCUT2D eigenvalue weighted by Crippen LogP contribution is -2.46. The zero-order valence-corrected chi connectivity index (χ0v) is 9.50. The van der Waals surface area contributed by atoms with E-state index in [0.717, 1.165) is 17.1 Å². The fourth-order valence-corrected chi connectivity index (χ4v) is 1.75. The standard InChI is InChI=1S/C11H17NO3/c1-6-5-8(7(2)15-6)11(3,4)9(12)10(13)14/h5,9H,12H2,1-4H3,(H,13,14). The molecule has 1 rings (SSSR count). The predicted octanol–water partition coefficient (Wildman–Crippen LogP) is 1.59. The zero-order valence-electron chi connectivity index (χ0n) is 9.50. The average Bonchev–Trinajstić information content (AvgIpc) is 2.44. The molecule has 0 aliphatic rings. The number of nitrogens with two attached hydrogens (primary N) is 1. The monoisotopic (exact) mass is 211 g/mol. The van der Waals surface area contributed by atoms with Crippen molar-refractivity contribution in [1.82, 2.24) is 0 Å². The van der Waals surface area contributed by atoms with Gasteiger partial charge in [0.25, 0.3) is 0 Å². The second-order valence-electron chi connectivity index (χ2n) is 4.36. The summed E-state index contributed by atoms with van der Waals surface area (Å²) in [5.41, 5.74) is 5.89. The van der Waals surface area contributed by atoms with Crippen LogP contribution in [0.3, 0.4) is 0 Å². The van der Waals surface area contributed by atoms with Crippen LogP contribution in [0.2, 0.25) is 0 Å². The Kier molecular flexibility index (Phi) is 2.90. The summed E-state index contributed by atoms with van der Waals surface area (Å²) in [5.74, 6) is 0.501. The third kappa shape index (κ3) is 2.04. The van der Waals surface area contributed by atoms with Gasteiger partial charge in [0.15, 0.2) is 0 Å². The van der Waals surface area contributed by atoms with Gasteiger partial charge in [-0.1, -0.05) is 13.8 Å². The summed E-state index contributed by atoms with van der Waals surface area (Å²) >= 11 is 0. The van der Waals surface area contributed by atoms with E-state index in [4.69, 9.17) is 15.3 Å². The normalized spacial score (nSPS) is 13.9. The van der Waals surface area contributed by atoms with Gasteiger partial charge < -0.3 is 15.3 Å². The quantitative estimate of drug-likeness (QED) is 0.795. The molecule has 0 aliphatic heterocycles. The van der Waals surface area contributed by atoms with E-state index in [9.17, 15) is 4.79 Å². The lowest BCUT2D eigenvalue weighted by atomic mass is 9.78. The number of aryl methyl sites for hydroxylation is 2. The molecule has 4 nitrogen and oxygen atoms in total. The summed E-state index contributed by atoms with van der Waals surface area (Å²) in [7, 11) is 0. The Morgan fingerprint density at radius 2 is 2.07 bits per heavy atom. The molecule has 1 aromatic rings. The van der Waals surface area contributed by atoms with Crippen molar-refractivity contribution in [2.75, 3.05) is 0 Å². The van der Waals surface area contributed by atoms with E-state index in [1.807, 2.05) is 33.8 Å². The number of rotatable bonds is 3. The van der Waals surface area contributed by atoms with Gasteiger partial charge in [-0.15, -0.1) is 0 Å². The van der Waals surface area contributed by atoms with E-state index in [1.165, 1.54) is 0 Å². The molecule has 0 saturated carbocycles. The maximum Gasteiger partial charge on any atom is 0.321 e. The highest BCUT2D eigenvalue weighted by Crippen LogP contribution is 2.31. The summed E-state index contributed by atoms with van der Waals surface area (Å²) in [6, 6.07) is 0.909. The first kappa shape index (κ1) is 11.8. The van der Waals surface area contributed by atoms with Gasteiger partial charge in [0.05, 0.1) is 0 Å². The molecule has 4 heteroatoms. The fraction of sp³-hybridized carbons (Fsp3) is 0.545. The van der Waals surface area contributed by atoms with Gasteiger partial charge in [-0.3, -0.25) is 4.79 Å². The number of furan rings is 1. The minimum atomic E-state index is -1.00. The van der Waals surface area contributed by atoms with Crippen LogP contribution in [0.5, 0.6) is 0 Å². The summed E-state index contributed by atoms with van der Waals surface area (Å²) in [5, 5.41) is 8.92. The average molecular weight is 211 g/mol. The Labute approximate surface area is 89.1 Å². The van der Waals surface area contributed by atoms with Crippen molar-refractivity contribution < 1.29 is 14.3 Å². The van der Waals surface area contributed by atoms with Gasteiger partial charge in [-0.2, -0.15) is 0 Å². The molecule has 1 heterocycles. The van der Waals surface area contributed by atoms with Crippen molar-refractivity contribution >= 4 is 5.97 Å². The molecule has 1 atom stereocenters. The third-order valence-electron chi connectivity index (χ3n) is 2.78. The van der Waals surface area contributed by atoms with Gasteiger partial charge in [-0.25, -0.2) is 0 Å². The highest BCUT2D eigenvalue weighted by molar-refractivity contribution is 5.75. The lowest BCUT2D eigenvalue weighted by molar-refractivity contribution is -0.140.